The summed E-state index contributed by atoms with van der Waals surface area (Å²) in [7, 11) is 0. The molecule has 0 radical (unpaired) electrons. The fourth-order valence-corrected chi connectivity index (χ4v) is 2.85. The van der Waals surface area contributed by atoms with Gasteiger partial charge in [0.1, 0.15) is 5.69 Å². The Morgan fingerprint density at radius 1 is 1.26 bits per heavy atom. The van der Waals surface area contributed by atoms with Crippen molar-refractivity contribution in [1.29, 1.82) is 0 Å². The Labute approximate surface area is 134 Å². The van der Waals surface area contributed by atoms with Crippen molar-refractivity contribution >= 4 is 17.9 Å². The summed E-state index contributed by atoms with van der Waals surface area (Å²) in [5.74, 6) is -0.639. The number of aromatic amines is 1. The Balaban J connectivity index is 1.74. The molecule has 3 N–H and O–H groups in total. The van der Waals surface area contributed by atoms with Crippen LogP contribution in [0.3, 0.4) is 0 Å². The summed E-state index contributed by atoms with van der Waals surface area (Å²) in [6, 6.07) is 11.6. The molecule has 2 amide bonds. The van der Waals surface area contributed by atoms with E-state index >= 15 is 0 Å². The van der Waals surface area contributed by atoms with E-state index < -0.39 is 5.91 Å². The van der Waals surface area contributed by atoms with Gasteiger partial charge < -0.3 is 15.6 Å². The van der Waals surface area contributed by atoms with Crippen LogP contribution in [-0.4, -0.2) is 34.3 Å². The third kappa shape index (κ3) is 3.34. The summed E-state index contributed by atoms with van der Waals surface area (Å²) in [6.07, 6.45) is 7.50. The predicted octanol–water partition coefficient (Wildman–Crippen LogP) is 2.43. The number of nitrogens with two attached hydrogens (primary N) is 1. The molecule has 1 aliphatic rings. The molecule has 2 heterocycles. The monoisotopic (exact) mass is 309 g/mol. The maximum absolute atomic E-state index is 12.6. The highest BCUT2D eigenvalue weighted by Crippen LogP contribution is 2.22. The Kier molecular flexibility index (Phi) is 4.28. The fraction of sp³-hybridized carbons (Fsp3) is 0.222. The minimum Gasteiger partial charge on any atom is -0.366 e. The van der Waals surface area contributed by atoms with Crippen molar-refractivity contribution in [2.45, 2.75) is 18.9 Å². The highest BCUT2D eigenvalue weighted by molar-refractivity contribution is 5.98. The number of nitrogens with zero attached hydrogens (tertiary/aromatic N) is 1. The molecule has 3 rings (SSSR count). The number of likely N-dealkylation sites (tertiary alicyclic amines) is 1. The number of benzene rings is 1. The standard InChI is InChI=1S/C18H19N3O2/c19-17(22)14-11-16(20-12-14)18(23)21-10-4-7-15(21)9-8-13-5-2-1-3-6-13/h1-3,5-6,8-9,11-12,15,20H,4,7,10H2,(H2,19,22)/b9-8+. The van der Waals surface area contributed by atoms with E-state index in [1.807, 2.05) is 41.3 Å². The number of hydrogen-bond donors (Lipinski definition) is 2. The molecule has 0 spiro atoms. The first-order valence-corrected chi connectivity index (χ1v) is 7.67. The van der Waals surface area contributed by atoms with Gasteiger partial charge in [0.2, 0.25) is 5.91 Å². The topological polar surface area (TPSA) is 79.2 Å². The SMILES string of the molecule is NC(=O)c1c[nH]c(C(=O)N2CCCC2/C=C/c2ccccc2)c1. The summed E-state index contributed by atoms with van der Waals surface area (Å²) >= 11 is 0. The van der Waals surface area contributed by atoms with Crippen LogP contribution in [0, 0.1) is 0 Å². The predicted molar refractivity (Wildman–Crippen MR) is 88.8 cm³/mol. The minimum absolute atomic E-state index is 0.0723. The molecule has 1 aromatic carbocycles. The quantitative estimate of drug-likeness (QED) is 0.909. The van der Waals surface area contributed by atoms with Crippen molar-refractivity contribution in [3.8, 4) is 0 Å². The van der Waals surface area contributed by atoms with Crippen molar-refractivity contribution in [3.05, 3.63) is 65.5 Å². The van der Waals surface area contributed by atoms with E-state index in [-0.39, 0.29) is 11.9 Å². The third-order valence-electron chi connectivity index (χ3n) is 4.07. The van der Waals surface area contributed by atoms with E-state index in [2.05, 4.69) is 11.1 Å². The van der Waals surface area contributed by atoms with Gasteiger partial charge in [-0.3, -0.25) is 9.59 Å². The van der Waals surface area contributed by atoms with E-state index in [1.165, 1.54) is 12.3 Å². The van der Waals surface area contributed by atoms with Gasteiger partial charge in [-0.15, -0.1) is 0 Å². The normalized spacial score (nSPS) is 17.7. The molecule has 1 aromatic heterocycles. The van der Waals surface area contributed by atoms with Gasteiger partial charge in [0.25, 0.3) is 5.91 Å². The first kappa shape index (κ1) is 15.1. The lowest BCUT2D eigenvalue weighted by molar-refractivity contribution is 0.0756. The number of amides is 2. The average Bonchev–Trinajstić information content (AvgIpc) is 3.22. The Morgan fingerprint density at radius 2 is 2.04 bits per heavy atom. The number of primary amides is 1. The number of carbonyl (C=O) groups excluding carboxylic acids is 2. The molecular formula is C18H19N3O2. The Morgan fingerprint density at radius 3 is 2.74 bits per heavy atom. The Bertz CT molecular complexity index is 734. The molecule has 1 fully saturated rings. The van der Waals surface area contributed by atoms with E-state index in [0.717, 1.165) is 18.4 Å². The molecule has 1 aliphatic heterocycles. The second-order valence-electron chi connectivity index (χ2n) is 5.64. The van der Waals surface area contributed by atoms with Gasteiger partial charge in [0.05, 0.1) is 11.6 Å². The van der Waals surface area contributed by atoms with Crippen LogP contribution in [0.1, 0.15) is 39.3 Å². The number of aromatic nitrogens is 1. The zero-order valence-corrected chi connectivity index (χ0v) is 12.7. The summed E-state index contributed by atoms with van der Waals surface area (Å²) < 4.78 is 0. The van der Waals surface area contributed by atoms with E-state index in [9.17, 15) is 9.59 Å². The zero-order chi connectivity index (χ0) is 16.2. The molecule has 5 heteroatoms. The molecule has 118 valence electrons. The van der Waals surface area contributed by atoms with Crippen LogP contribution in [0.25, 0.3) is 6.08 Å². The third-order valence-corrected chi connectivity index (χ3v) is 4.07. The molecule has 23 heavy (non-hydrogen) atoms. The van der Waals surface area contributed by atoms with Crippen LogP contribution < -0.4 is 5.73 Å². The van der Waals surface area contributed by atoms with Crippen molar-refractivity contribution < 1.29 is 9.59 Å². The van der Waals surface area contributed by atoms with E-state index in [1.54, 1.807) is 0 Å². The molecule has 1 saturated heterocycles. The maximum atomic E-state index is 12.6. The summed E-state index contributed by atoms with van der Waals surface area (Å²) in [4.78, 5) is 28.4. The molecule has 0 aliphatic carbocycles. The van der Waals surface area contributed by atoms with Gasteiger partial charge in [-0.1, -0.05) is 42.5 Å². The first-order chi connectivity index (χ1) is 11.1. The lowest BCUT2D eigenvalue weighted by Gasteiger charge is -2.21. The van der Waals surface area contributed by atoms with Crippen LogP contribution in [0.4, 0.5) is 0 Å². The Hall–Kier alpha value is -2.82. The largest absolute Gasteiger partial charge is 0.366 e. The van der Waals surface area contributed by atoms with Crippen molar-refractivity contribution in [3.63, 3.8) is 0 Å². The van der Waals surface area contributed by atoms with Gasteiger partial charge in [0.15, 0.2) is 0 Å². The average molecular weight is 309 g/mol. The number of nitrogens with one attached hydrogen (secondary N) is 1. The van der Waals surface area contributed by atoms with Crippen molar-refractivity contribution in [1.82, 2.24) is 9.88 Å². The smallest absolute Gasteiger partial charge is 0.270 e. The molecule has 0 saturated carbocycles. The highest BCUT2D eigenvalue weighted by atomic mass is 16.2. The number of carbonyl (C=O) groups is 2. The zero-order valence-electron chi connectivity index (χ0n) is 12.7. The van der Waals surface area contributed by atoms with Gasteiger partial charge in [-0.25, -0.2) is 0 Å². The summed E-state index contributed by atoms with van der Waals surface area (Å²) in [5.41, 5.74) is 7.06. The molecule has 1 unspecified atom stereocenters. The van der Waals surface area contributed by atoms with Crippen LogP contribution in [0.15, 0.2) is 48.7 Å². The number of H-pyrrole nitrogens is 1. The van der Waals surface area contributed by atoms with Gasteiger partial charge in [0, 0.05) is 12.7 Å². The fourth-order valence-electron chi connectivity index (χ4n) is 2.85. The maximum Gasteiger partial charge on any atom is 0.270 e. The molecule has 1 atom stereocenters. The second-order valence-corrected chi connectivity index (χ2v) is 5.64. The number of hydrogen-bond acceptors (Lipinski definition) is 2. The summed E-state index contributed by atoms with van der Waals surface area (Å²) in [6.45, 7) is 0.716. The second kappa shape index (κ2) is 6.52. The van der Waals surface area contributed by atoms with Crippen molar-refractivity contribution in [2.75, 3.05) is 6.54 Å². The van der Waals surface area contributed by atoms with Crippen LogP contribution in [0.5, 0.6) is 0 Å². The lowest BCUT2D eigenvalue weighted by atomic mass is 10.1. The van der Waals surface area contributed by atoms with Gasteiger partial charge in [-0.05, 0) is 24.5 Å². The molecular weight excluding hydrogens is 290 g/mol. The van der Waals surface area contributed by atoms with Crippen LogP contribution in [0.2, 0.25) is 0 Å². The lowest BCUT2D eigenvalue weighted by Crippen LogP contribution is -2.34. The summed E-state index contributed by atoms with van der Waals surface area (Å²) in [5, 5.41) is 0. The van der Waals surface area contributed by atoms with Gasteiger partial charge in [-0.2, -0.15) is 0 Å². The minimum atomic E-state index is -0.540. The van der Waals surface area contributed by atoms with E-state index in [0.29, 0.717) is 17.8 Å². The first-order valence-electron chi connectivity index (χ1n) is 7.67. The van der Waals surface area contributed by atoms with Gasteiger partial charge >= 0.3 is 0 Å². The van der Waals surface area contributed by atoms with Crippen LogP contribution >= 0.6 is 0 Å². The van der Waals surface area contributed by atoms with Crippen LogP contribution in [-0.2, 0) is 0 Å². The molecule has 2 aromatic rings. The highest BCUT2D eigenvalue weighted by Gasteiger charge is 2.28. The number of rotatable bonds is 4. The van der Waals surface area contributed by atoms with E-state index in [4.69, 9.17) is 5.73 Å². The molecule has 5 nitrogen and oxygen atoms in total. The molecule has 0 bridgehead atoms. The van der Waals surface area contributed by atoms with Crippen molar-refractivity contribution in [2.24, 2.45) is 5.73 Å².